The van der Waals surface area contributed by atoms with Crippen molar-refractivity contribution in [1.82, 2.24) is 0 Å². The highest BCUT2D eigenvalue weighted by Crippen LogP contribution is 1.54. The van der Waals surface area contributed by atoms with E-state index in [0.29, 0.717) is 0 Å². The third-order valence-corrected chi connectivity index (χ3v) is 0.302. The Bertz CT molecular complexity index is 42.2. The quantitative estimate of drug-likeness (QED) is 0.404. The maximum absolute atomic E-state index is 9.17. The van der Waals surface area contributed by atoms with Crippen LogP contribution in [0.15, 0.2) is 0 Å². The summed E-state index contributed by atoms with van der Waals surface area (Å²) in [5.74, 6) is -0.917. The lowest BCUT2D eigenvalue weighted by Crippen LogP contribution is -2.10. The van der Waals surface area contributed by atoms with Crippen LogP contribution in [0.4, 0.5) is 0 Å². The molecule has 0 saturated heterocycles. The molecule has 1 N–H and O–H groups in total. The van der Waals surface area contributed by atoms with Crippen LogP contribution in [0.1, 0.15) is 0 Å². The van der Waals surface area contributed by atoms with Crippen molar-refractivity contribution in [2.24, 2.45) is 0 Å². The summed E-state index contributed by atoms with van der Waals surface area (Å²) in [6.45, 7) is 0. The Kier molecular flexibility index (Phi) is 2.35. The van der Waals surface area contributed by atoms with Crippen LogP contribution in [-0.2, 0) is 11.1 Å². The van der Waals surface area contributed by atoms with Crippen molar-refractivity contribution in [3.8, 4) is 0 Å². The number of hydrogen-bond donors (Lipinski definition) is 1. The minimum absolute atomic E-state index is 0.917. The minimum Gasteiger partial charge on any atom is -0.843 e. The van der Waals surface area contributed by atoms with Gasteiger partial charge >= 0.3 is 0 Å². The average Bonchev–Trinajstić information content (AvgIpc) is 1.38. The Morgan fingerprint density at radius 1 is 2.00 bits per heavy atom. The van der Waals surface area contributed by atoms with Crippen LogP contribution in [0, 0.1) is 0 Å². The Hall–Kier alpha value is 0.0700. The molecule has 0 rings (SSSR count). The summed E-state index contributed by atoms with van der Waals surface area (Å²) in [7, 11) is 0. The first kappa shape index (κ1) is 5.07. The third kappa shape index (κ3) is 4.07. The van der Waals surface area contributed by atoms with Crippen LogP contribution >= 0.6 is 0 Å². The lowest BCUT2D eigenvalue weighted by atomic mass is 11.7. The van der Waals surface area contributed by atoms with Crippen LogP contribution in [0.2, 0.25) is 0 Å². The zero-order chi connectivity index (χ0) is 4.28. The number of hydrogen-bond acceptors (Lipinski definition) is 2. The molecule has 0 amide bonds. The van der Waals surface area contributed by atoms with Gasteiger partial charge in [0.2, 0.25) is 0 Å². The lowest BCUT2D eigenvalue weighted by Gasteiger charge is -1.89. The second-order valence-electron chi connectivity index (χ2n) is 0.439. The highest BCUT2D eigenvalue weighted by Gasteiger charge is 1.67. The zero-order valence-electron chi connectivity index (χ0n) is 2.38. The SMILES string of the molecule is O=S(O)C[O-]. The summed E-state index contributed by atoms with van der Waals surface area (Å²) in [5.41, 5.74) is 0. The van der Waals surface area contributed by atoms with Crippen molar-refractivity contribution in [2.75, 3.05) is 5.94 Å². The summed E-state index contributed by atoms with van der Waals surface area (Å²) >= 11 is -2.13. The summed E-state index contributed by atoms with van der Waals surface area (Å²) < 4.78 is 16.7. The predicted molar refractivity (Wildman–Crippen MR) is 15.6 cm³/mol. The molecule has 0 bridgehead atoms. The molecule has 0 aliphatic heterocycles. The van der Waals surface area contributed by atoms with Gasteiger partial charge < -0.3 is 9.66 Å². The van der Waals surface area contributed by atoms with Gasteiger partial charge in [0.05, 0.1) is 0 Å². The molecule has 0 aromatic carbocycles. The predicted octanol–water partition coefficient (Wildman–Crippen LogP) is -1.47. The van der Waals surface area contributed by atoms with Crippen molar-refractivity contribution in [2.45, 2.75) is 0 Å². The van der Waals surface area contributed by atoms with Crippen LogP contribution in [0.25, 0.3) is 0 Å². The van der Waals surface area contributed by atoms with Crippen molar-refractivity contribution in [3.05, 3.63) is 0 Å². The molecule has 3 nitrogen and oxygen atoms in total. The molecule has 0 fully saturated rings. The van der Waals surface area contributed by atoms with E-state index in [1.54, 1.807) is 0 Å². The van der Waals surface area contributed by atoms with Gasteiger partial charge in [0.1, 0.15) is 11.1 Å². The molecule has 4 heteroatoms. The van der Waals surface area contributed by atoms with E-state index in [9.17, 15) is 0 Å². The smallest absolute Gasteiger partial charge is 0.135 e. The third-order valence-electron chi connectivity index (χ3n) is 0.101. The topological polar surface area (TPSA) is 60.4 Å². The Morgan fingerprint density at radius 2 is 2.20 bits per heavy atom. The highest BCUT2D eigenvalue weighted by molar-refractivity contribution is 7.78. The largest absolute Gasteiger partial charge is 0.843 e. The van der Waals surface area contributed by atoms with Gasteiger partial charge in [0.15, 0.2) is 0 Å². The van der Waals surface area contributed by atoms with E-state index in [0.717, 1.165) is 0 Å². The molecule has 0 aromatic heterocycles. The summed E-state index contributed by atoms with van der Waals surface area (Å²) in [4.78, 5) is 0. The molecule has 0 aliphatic carbocycles. The standard InChI is InChI=1S/CH3O3S/c2-1-5(3)4/h1H2,(H,3,4)/q-1. The average molecular weight is 95.1 g/mol. The molecule has 1 unspecified atom stereocenters. The maximum atomic E-state index is 9.17. The molecule has 32 valence electrons. The van der Waals surface area contributed by atoms with Gasteiger partial charge in [0.25, 0.3) is 0 Å². The first-order valence-corrected chi connectivity index (χ1v) is 2.20. The maximum Gasteiger partial charge on any atom is 0.135 e. The van der Waals surface area contributed by atoms with E-state index in [1.165, 1.54) is 0 Å². The van der Waals surface area contributed by atoms with E-state index in [-0.39, 0.29) is 0 Å². The minimum atomic E-state index is -2.13. The van der Waals surface area contributed by atoms with Crippen molar-refractivity contribution in [1.29, 1.82) is 0 Å². The molecular weight excluding hydrogens is 92.1 g/mol. The van der Waals surface area contributed by atoms with Gasteiger partial charge in [0, 0.05) is 0 Å². The lowest BCUT2D eigenvalue weighted by molar-refractivity contribution is -0.340. The second kappa shape index (κ2) is 2.32. The highest BCUT2D eigenvalue weighted by atomic mass is 32.2. The normalized spacial score (nSPS) is 14.8. The Morgan fingerprint density at radius 3 is 2.20 bits per heavy atom. The molecule has 0 saturated carbocycles. The van der Waals surface area contributed by atoms with Crippen molar-refractivity contribution in [3.63, 3.8) is 0 Å². The van der Waals surface area contributed by atoms with E-state index in [1.807, 2.05) is 0 Å². The van der Waals surface area contributed by atoms with Gasteiger partial charge in [-0.2, -0.15) is 0 Å². The fourth-order valence-electron chi connectivity index (χ4n) is 0. The Balaban J connectivity index is 2.85. The van der Waals surface area contributed by atoms with E-state index >= 15 is 0 Å². The molecule has 5 heavy (non-hydrogen) atoms. The van der Waals surface area contributed by atoms with Gasteiger partial charge in [-0.15, -0.1) is 0 Å². The van der Waals surface area contributed by atoms with Gasteiger partial charge in [-0.05, 0) is 5.94 Å². The second-order valence-corrected chi connectivity index (χ2v) is 1.32. The van der Waals surface area contributed by atoms with Crippen LogP contribution in [0.5, 0.6) is 0 Å². The molecule has 0 aliphatic rings. The van der Waals surface area contributed by atoms with Crippen LogP contribution < -0.4 is 5.11 Å². The molecule has 1 atom stereocenters. The summed E-state index contributed by atoms with van der Waals surface area (Å²) in [5, 5.41) is 9.08. The summed E-state index contributed by atoms with van der Waals surface area (Å²) in [6, 6.07) is 0. The first-order valence-electron chi connectivity index (χ1n) is 0.927. The molecule has 0 radical (unpaired) electrons. The first-order chi connectivity index (χ1) is 2.27. The van der Waals surface area contributed by atoms with Gasteiger partial charge in [-0.3, -0.25) is 0 Å². The van der Waals surface area contributed by atoms with Crippen molar-refractivity contribution < 1.29 is 13.9 Å². The number of rotatable bonds is 1. The Labute approximate surface area is 31.9 Å². The van der Waals surface area contributed by atoms with E-state index < -0.39 is 17.0 Å². The molecule has 0 aromatic rings. The summed E-state index contributed by atoms with van der Waals surface area (Å²) in [6.07, 6.45) is 0. The van der Waals surface area contributed by atoms with E-state index in [4.69, 9.17) is 13.9 Å². The van der Waals surface area contributed by atoms with Crippen LogP contribution in [0.3, 0.4) is 0 Å². The molecular formula is CH3O3S-. The van der Waals surface area contributed by atoms with E-state index in [2.05, 4.69) is 0 Å². The molecule has 0 heterocycles. The molecule has 0 spiro atoms. The fourth-order valence-corrected chi connectivity index (χ4v) is 0. The fraction of sp³-hybridized carbons (Fsp3) is 1.00. The monoisotopic (exact) mass is 95.0 g/mol. The zero-order valence-corrected chi connectivity index (χ0v) is 3.20. The van der Waals surface area contributed by atoms with Crippen molar-refractivity contribution >= 4 is 11.1 Å². The van der Waals surface area contributed by atoms with Gasteiger partial charge in [-0.25, -0.2) is 4.21 Å². The van der Waals surface area contributed by atoms with Gasteiger partial charge in [-0.1, -0.05) is 0 Å². The van der Waals surface area contributed by atoms with Crippen LogP contribution in [-0.4, -0.2) is 14.7 Å².